The Hall–Kier alpha value is -3.18. The predicted octanol–water partition coefficient (Wildman–Crippen LogP) is 6.49. The van der Waals surface area contributed by atoms with Crippen molar-refractivity contribution in [2.24, 2.45) is 0 Å². The monoisotopic (exact) mass is 481 g/mol. The zero-order valence-corrected chi connectivity index (χ0v) is 20.8. The van der Waals surface area contributed by atoms with Crippen molar-refractivity contribution in [2.45, 2.75) is 38.1 Å². The molecule has 4 aromatic rings. The Labute approximate surface area is 214 Å². The number of benzene rings is 4. The third-order valence-corrected chi connectivity index (χ3v) is 6.83. The van der Waals surface area contributed by atoms with E-state index in [9.17, 15) is 0 Å². The SMILES string of the molecule is c1ccc(COCCCOc2ccc([C@@H]3CCNC[C@H]3OCc3ccc4ccccc4c3)cc2)cc1. The molecule has 1 fully saturated rings. The maximum atomic E-state index is 6.44. The third-order valence-electron chi connectivity index (χ3n) is 6.83. The summed E-state index contributed by atoms with van der Waals surface area (Å²) in [7, 11) is 0. The number of ether oxygens (including phenoxy) is 3. The van der Waals surface area contributed by atoms with Gasteiger partial charge >= 0.3 is 0 Å². The normalized spacial score (nSPS) is 17.8. The summed E-state index contributed by atoms with van der Waals surface area (Å²) < 4.78 is 18.1. The van der Waals surface area contributed by atoms with Gasteiger partial charge in [-0.25, -0.2) is 0 Å². The molecule has 36 heavy (non-hydrogen) atoms. The highest BCUT2D eigenvalue weighted by Gasteiger charge is 2.27. The molecule has 1 aliphatic rings. The van der Waals surface area contributed by atoms with Crippen LogP contribution in [0.4, 0.5) is 0 Å². The lowest BCUT2D eigenvalue weighted by Crippen LogP contribution is -2.40. The van der Waals surface area contributed by atoms with E-state index in [1.54, 1.807) is 0 Å². The summed E-state index contributed by atoms with van der Waals surface area (Å²) >= 11 is 0. The van der Waals surface area contributed by atoms with Crippen LogP contribution in [0, 0.1) is 0 Å². The van der Waals surface area contributed by atoms with Gasteiger partial charge in [-0.3, -0.25) is 0 Å². The van der Waals surface area contributed by atoms with Crippen LogP contribution in [-0.2, 0) is 22.7 Å². The fraction of sp³-hybridized carbons (Fsp3) is 0.312. The summed E-state index contributed by atoms with van der Waals surface area (Å²) in [6.45, 7) is 4.51. The number of fused-ring (bicyclic) bond motifs is 1. The molecule has 2 atom stereocenters. The molecule has 0 radical (unpaired) electrons. The van der Waals surface area contributed by atoms with Crippen LogP contribution < -0.4 is 10.1 Å². The van der Waals surface area contributed by atoms with Crippen molar-refractivity contribution in [3.05, 3.63) is 114 Å². The van der Waals surface area contributed by atoms with Crippen LogP contribution in [0.5, 0.6) is 5.75 Å². The van der Waals surface area contributed by atoms with Gasteiger partial charge in [0.25, 0.3) is 0 Å². The maximum Gasteiger partial charge on any atom is 0.119 e. The van der Waals surface area contributed by atoms with Crippen molar-refractivity contribution in [1.29, 1.82) is 0 Å². The Bertz CT molecular complexity index is 1210. The van der Waals surface area contributed by atoms with E-state index in [-0.39, 0.29) is 6.10 Å². The molecule has 4 heteroatoms. The van der Waals surface area contributed by atoms with E-state index < -0.39 is 0 Å². The van der Waals surface area contributed by atoms with Crippen molar-refractivity contribution in [2.75, 3.05) is 26.3 Å². The van der Waals surface area contributed by atoms with E-state index in [2.05, 4.69) is 84.2 Å². The van der Waals surface area contributed by atoms with Crippen molar-refractivity contribution < 1.29 is 14.2 Å². The van der Waals surface area contributed by atoms with Gasteiger partial charge in [0, 0.05) is 18.9 Å². The highest BCUT2D eigenvalue weighted by molar-refractivity contribution is 5.82. The molecular formula is C32H35NO3. The first-order valence-corrected chi connectivity index (χ1v) is 13.0. The summed E-state index contributed by atoms with van der Waals surface area (Å²) in [4.78, 5) is 0. The molecule has 0 bridgehead atoms. The smallest absolute Gasteiger partial charge is 0.119 e. The van der Waals surface area contributed by atoms with Crippen LogP contribution in [0.15, 0.2) is 97.1 Å². The summed E-state index contributed by atoms with van der Waals surface area (Å²) in [5.41, 5.74) is 3.74. The summed E-state index contributed by atoms with van der Waals surface area (Å²) in [6.07, 6.45) is 2.09. The van der Waals surface area contributed by atoms with Gasteiger partial charge in [-0.1, -0.05) is 78.9 Å². The number of piperidine rings is 1. The van der Waals surface area contributed by atoms with Crippen LogP contribution in [0.25, 0.3) is 10.8 Å². The van der Waals surface area contributed by atoms with Crippen molar-refractivity contribution in [3.63, 3.8) is 0 Å². The van der Waals surface area contributed by atoms with Crippen molar-refractivity contribution in [3.8, 4) is 5.75 Å². The first-order valence-electron chi connectivity index (χ1n) is 13.0. The Kier molecular flexibility index (Phi) is 8.63. The van der Waals surface area contributed by atoms with Gasteiger partial charge < -0.3 is 19.5 Å². The number of nitrogens with one attached hydrogen (secondary N) is 1. The van der Waals surface area contributed by atoms with Gasteiger partial charge in [0.1, 0.15) is 5.75 Å². The van der Waals surface area contributed by atoms with E-state index in [1.807, 2.05) is 18.2 Å². The first kappa shape index (κ1) is 24.5. The van der Waals surface area contributed by atoms with E-state index in [4.69, 9.17) is 14.2 Å². The second kappa shape index (κ2) is 12.7. The highest BCUT2D eigenvalue weighted by atomic mass is 16.5. The quantitative estimate of drug-likeness (QED) is 0.249. The minimum Gasteiger partial charge on any atom is -0.494 e. The molecule has 186 valence electrons. The second-order valence-electron chi connectivity index (χ2n) is 9.44. The lowest BCUT2D eigenvalue weighted by Gasteiger charge is -2.32. The minimum absolute atomic E-state index is 0.152. The maximum absolute atomic E-state index is 6.44. The van der Waals surface area contributed by atoms with Gasteiger partial charge in [0.05, 0.1) is 32.5 Å². The molecule has 0 aliphatic carbocycles. The van der Waals surface area contributed by atoms with Crippen LogP contribution in [0.1, 0.15) is 35.4 Å². The standard InChI is InChI=1S/C32H35NO3/c1-2-7-25(8-3-1)23-34-19-6-20-35-30-15-13-28(14-16-30)31-17-18-33-22-32(31)36-24-26-11-12-27-9-4-5-10-29(27)21-26/h1-5,7-16,21,31-33H,6,17-20,22-24H2/t31-,32+/m0/s1. The Morgan fingerprint density at radius 3 is 2.39 bits per heavy atom. The molecule has 0 amide bonds. The minimum atomic E-state index is 0.152. The fourth-order valence-electron chi connectivity index (χ4n) is 4.84. The molecule has 4 nitrogen and oxygen atoms in total. The fourth-order valence-corrected chi connectivity index (χ4v) is 4.84. The summed E-state index contributed by atoms with van der Waals surface area (Å²) in [5, 5.41) is 6.03. The van der Waals surface area contributed by atoms with Gasteiger partial charge in [-0.05, 0) is 58.6 Å². The molecule has 0 unspecified atom stereocenters. The molecule has 1 aliphatic heterocycles. The Morgan fingerprint density at radius 2 is 1.53 bits per heavy atom. The molecule has 1 N–H and O–H groups in total. The Balaban J connectivity index is 1.09. The number of hydrogen-bond acceptors (Lipinski definition) is 4. The average Bonchev–Trinajstić information content (AvgIpc) is 2.95. The third kappa shape index (κ3) is 6.73. The van der Waals surface area contributed by atoms with Crippen LogP contribution >= 0.6 is 0 Å². The van der Waals surface area contributed by atoms with Crippen LogP contribution in [0.2, 0.25) is 0 Å². The predicted molar refractivity (Wildman–Crippen MR) is 145 cm³/mol. The zero-order chi connectivity index (χ0) is 24.4. The highest BCUT2D eigenvalue weighted by Crippen LogP contribution is 2.30. The van der Waals surface area contributed by atoms with Crippen LogP contribution in [0.3, 0.4) is 0 Å². The molecule has 0 spiro atoms. The van der Waals surface area contributed by atoms with Crippen molar-refractivity contribution in [1.82, 2.24) is 5.32 Å². The second-order valence-corrected chi connectivity index (χ2v) is 9.44. The van der Waals surface area contributed by atoms with E-state index in [1.165, 1.54) is 27.5 Å². The van der Waals surface area contributed by atoms with E-state index in [0.29, 0.717) is 32.3 Å². The lowest BCUT2D eigenvalue weighted by molar-refractivity contribution is 0.0106. The lowest BCUT2D eigenvalue weighted by atomic mass is 9.87. The molecule has 4 aromatic carbocycles. The van der Waals surface area contributed by atoms with Gasteiger partial charge in [0.2, 0.25) is 0 Å². The molecular weight excluding hydrogens is 446 g/mol. The van der Waals surface area contributed by atoms with Gasteiger partial charge in [-0.2, -0.15) is 0 Å². The summed E-state index contributed by atoms with van der Waals surface area (Å²) in [5.74, 6) is 1.29. The van der Waals surface area contributed by atoms with Gasteiger partial charge in [0.15, 0.2) is 0 Å². The molecule has 1 saturated heterocycles. The number of hydrogen-bond donors (Lipinski definition) is 1. The topological polar surface area (TPSA) is 39.7 Å². The zero-order valence-electron chi connectivity index (χ0n) is 20.8. The van der Waals surface area contributed by atoms with Gasteiger partial charge in [-0.15, -0.1) is 0 Å². The van der Waals surface area contributed by atoms with E-state index in [0.717, 1.165) is 31.7 Å². The number of rotatable bonds is 11. The molecule has 0 saturated carbocycles. The van der Waals surface area contributed by atoms with Crippen LogP contribution in [-0.4, -0.2) is 32.4 Å². The molecule has 0 aromatic heterocycles. The van der Waals surface area contributed by atoms with Crippen molar-refractivity contribution >= 4 is 10.8 Å². The average molecular weight is 482 g/mol. The first-order chi connectivity index (χ1) is 17.8. The van der Waals surface area contributed by atoms with E-state index >= 15 is 0 Å². The summed E-state index contributed by atoms with van der Waals surface area (Å²) in [6, 6.07) is 33.9. The molecule has 1 heterocycles. The Morgan fingerprint density at radius 1 is 0.722 bits per heavy atom. The molecule has 5 rings (SSSR count). The largest absolute Gasteiger partial charge is 0.494 e.